The Morgan fingerprint density at radius 1 is 0.627 bits per heavy atom. The molecule has 13 heteroatoms. The predicted octanol–water partition coefficient (Wildman–Crippen LogP) is 6.24. The van der Waals surface area contributed by atoms with E-state index >= 15 is 0 Å². The monoisotopic (exact) mass is 730 g/mol. The molecule has 3 rings (SSSR count). The van der Waals surface area contributed by atoms with Gasteiger partial charge in [0.1, 0.15) is 35.3 Å². The van der Waals surface area contributed by atoms with E-state index in [1.807, 2.05) is 99.6 Å². The topological polar surface area (TPSA) is 123 Å². The molecule has 0 aliphatic rings. The first-order valence-electron chi connectivity index (χ1n) is 17.0. The number of alkyl halides is 1. The summed E-state index contributed by atoms with van der Waals surface area (Å²) < 4.78 is 44.3. The van der Waals surface area contributed by atoms with Crippen molar-refractivity contribution < 1.29 is 47.5 Å². The summed E-state index contributed by atoms with van der Waals surface area (Å²) in [7, 11) is 0. The second-order valence-corrected chi connectivity index (χ2v) is 12.3. The van der Waals surface area contributed by atoms with Crippen LogP contribution < -0.4 is 19.7 Å². The van der Waals surface area contributed by atoms with Gasteiger partial charge < -0.3 is 48.1 Å². The maximum Gasteiger partial charge on any atom is 0.407 e. The maximum atomic E-state index is 12.5. The van der Waals surface area contributed by atoms with Gasteiger partial charge in [-0.25, -0.2) is 4.79 Å². The number of alkyl carbamates (subject to hydrolysis) is 1. The van der Waals surface area contributed by atoms with Gasteiger partial charge in [-0.2, -0.15) is 0 Å². The lowest BCUT2D eigenvalue weighted by Crippen LogP contribution is -2.34. The molecule has 0 saturated heterocycles. The molecule has 0 radical (unpaired) electrons. The standard InChI is InChI=1S/C38H51ClN2O10/c1-38(2,3)51-37(43)40-17-18-44-19-20-45-21-22-46-23-24-47-25-26-48-27-28-49-33-13-15-35(16-14-33)50-34-11-9-32(10-12-34)41(36(42)29-39)30-31-7-5-4-6-8-31/h4-16H,17-30H2,1-3H3,(H,40,43). The van der Waals surface area contributed by atoms with Crippen LogP contribution in [0.25, 0.3) is 0 Å². The lowest BCUT2D eigenvalue weighted by molar-refractivity contribution is -0.116. The molecule has 0 heterocycles. The molecule has 0 bridgehead atoms. The maximum absolute atomic E-state index is 12.5. The van der Waals surface area contributed by atoms with E-state index in [9.17, 15) is 9.59 Å². The SMILES string of the molecule is CC(C)(C)OC(=O)NCCOCCOCCOCCOCCOCCOc1ccc(Oc2ccc(N(Cc3ccccc3)C(=O)CCl)cc2)cc1. The average Bonchev–Trinajstić information content (AvgIpc) is 3.12. The van der Waals surface area contributed by atoms with Crippen LogP contribution in [-0.2, 0) is 39.8 Å². The highest BCUT2D eigenvalue weighted by Crippen LogP contribution is 2.27. The molecular formula is C38H51ClN2O10. The Labute approximate surface area is 306 Å². The number of anilines is 1. The Balaban J connectivity index is 1.14. The van der Waals surface area contributed by atoms with Gasteiger partial charge in [0.2, 0.25) is 5.91 Å². The number of halogens is 1. The van der Waals surface area contributed by atoms with Gasteiger partial charge in [-0.3, -0.25) is 4.79 Å². The van der Waals surface area contributed by atoms with Crippen molar-refractivity contribution in [3.63, 3.8) is 0 Å². The van der Waals surface area contributed by atoms with Gasteiger partial charge in [0.25, 0.3) is 0 Å². The number of hydrogen-bond acceptors (Lipinski definition) is 10. The van der Waals surface area contributed by atoms with Crippen molar-refractivity contribution >= 4 is 29.3 Å². The van der Waals surface area contributed by atoms with E-state index in [-0.39, 0.29) is 11.8 Å². The number of amides is 2. The molecule has 280 valence electrons. The first-order valence-corrected chi connectivity index (χ1v) is 17.5. The summed E-state index contributed by atoms with van der Waals surface area (Å²) in [5, 5.41) is 2.63. The van der Waals surface area contributed by atoms with Crippen LogP contribution in [-0.4, -0.2) is 103 Å². The predicted molar refractivity (Wildman–Crippen MR) is 195 cm³/mol. The molecule has 0 atom stereocenters. The molecule has 0 spiro atoms. The minimum absolute atomic E-state index is 0.102. The minimum Gasteiger partial charge on any atom is -0.491 e. The van der Waals surface area contributed by atoms with Crippen molar-refractivity contribution in [3.05, 3.63) is 84.4 Å². The normalized spacial score (nSPS) is 11.2. The lowest BCUT2D eigenvalue weighted by Gasteiger charge is -2.22. The fraction of sp³-hybridized carbons (Fsp3) is 0.474. The third kappa shape index (κ3) is 18.8. The minimum atomic E-state index is -0.519. The Kier molecular flexibility index (Phi) is 19.8. The van der Waals surface area contributed by atoms with E-state index in [1.165, 1.54) is 0 Å². The fourth-order valence-corrected chi connectivity index (χ4v) is 4.48. The summed E-state index contributed by atoms with van der Waals surface area (Å²) in [6.07, 6.45) is -0.458. The summed E-state index contributed by atoms with van der Waals surface area (Å²) in [5.41, 5.74) is 1.24. The number of benzene rings is 3. The molecule has 1 N–H and O–H groups in total. The zero-order valence-electron chi connectivity index (χ0n) is 29.8. The van der Waals surface area contributed by atoms with Gasteiger partial charge in [0.05, 0.1) is 72.6 Å². The van der Waals surface area contributed by atoms with Crippen LogP contribution in [0.3, 0.4) is 0 Å². The van der Waals surface area contributed by atoms with Crippen molar-refractivity contribution in [2.45, 2.75) is 32.9 Å². The molecule has 51 heavy (non-hydrogen) atoms. The zero-order chi connectivity index (χ0) is 36.6. The second-order valence-electron chi connectivity index (χ2n) is 12.0. The number of carbonyl (C=O) groups excluding carboxylic acids is 2. The first-order chi connectivity index (χ1) is 24.7. The Bertz CT molecular complexity index is 1370. The number of rotatable bonds is 25. The van der Waals surface area contributed by atoms with Crippen molar-refractivity contribution in [2.24, 2.45) is 0 Å². The summed E-state index contributed by atoms with van der Waals surface area (Å²) in [5.74, 6) is 1.73. The second kappa shape index (κ2) is 24.3. The molecular weight excluding hydrogens is 680 g/mol. The average molecular weight is 731 g/mol. The summed E-state index contributed by atoms with van der Waals surface area (Å²) in [4.78, 5) is 25.7. The molecule has 3 aromatic carbocycles. The number of hydrogen-bond donors (Lipinski definition) is 1. The highest BCUT2D eigenvalue weighted by Gasteiger charge is 2.16. The van der Waals surface area contributed by atoms with E-state index in [4.69, 9.17) is 49.5 Å². The highest BCUT2D eigenvalue weighted by atomic mass is 35.5. The third-order valence-electron chi connectivity index (χ3n) is 6.71. The molecule has 0 unspecified atom stereocenters. The molecule has 0 fully saturated rings. The zero-order valence-corrected chi connectivity index (χ0v) is 30.6. The Hall–Kier alpha value is -3.91. The van der Waals surface area contributed by atoms with Crippen LogP contribution >= 0.6 is 11.6 Å². The van der Waals surface area contributed by atoms with Crippen molar-refractivity contribution in [1.29, 1.82) is 0 Å². The van der Waals surface area contributed by atoms with Gasteiger partial charge in [0.15, 0.2) is 0 Å². The van der Waals surface area contributed by atoms with Gasteiger partial charge in [-0.1, -0.05) is 30.3 Å². The van der Waals surface area contributed by atoms with Crippen LogP contribution in [0.1, 0.15) is 26.3 Å². The molecule has 0 aliphatic carbocycles. The van der Waals surface area contributed by atoms with Crippen molar-refractivity contribution in [3.8, 4) is 17.2 Å². The van der Waals surface area contributed by atoms with E-state index in [0.717, 1.165) is 11.3 Å². The van der Waals surface area contributed by atoms with E-state index in [2.05, 4.69) is 5.32 Å². The van der Waals surface area contributed by atoms with Crippen LogP contribution in [0.4, 0.5) is 10.5 Å². The molecule has 0 aliphatic heterocycles. The summed E-state index contributed by atoms with van der Waals surface area (Å²) >= 11 is 5.88. The molecule has 0 aromatic heterocycles. The number of nitrogens with one attached hydrogen (secondary N) is 1. The number of carbonyl (C=O) groups is 2. The summed E-state index contributed by atoms with van der Waals surface area (Å²) in [6.45, 7) is 11.1. The Morgan fingerprint density at radius 3 is 1.61 bits per heavy atom. The van der Waals surface area contributed by atoms with E-state index in [1.54, 1.807) is 4.90 Å². The molecule has 12 nitrogen and oxygen atoms in total. The smallest absolute Gasteiger partial charge is 0.407 e. The largest absolute Gasteiger partial charge is 0.491 e. The van der Waals surface area contributed by atoms with Gasteiger partial charge in [0, 0.05) is 12.2 Å². The first kappa shape index (κ1) is 41.5. The molecule has 2 amide bonds. The fourth-order valence-electron chi connectivity index (χ4n) is 4.34. The van der Waals surface area contributed by atoms with Crippen molar-refractivity contribution in [2.75, 3.05) is 90.0 Å². The van der Waals surface area contributed by atoms with Gasteiger partial charge >= 0.3 is 6.09 Å². The van der Waals surface area contributed by atoms with Crippen LogP contribution in [0, 0.1) is 0 Å². The van der Waals surface area contributed by atoms with Gasteiger partial charge in [-0.05, 0) is 74.9 Å². The van der Waals surface area contributed by atoms with E-state index < -0.39 is 11.7 Å². The van der Waals surface area contributed by atoms with Crippen molar-refractivity contribution in [1.82, 2.24) is 5.32 Å². The van der Waals surface area contributed by atoms with E-state index in [0.29, 0.717) is 103 Å². The molecule has 3 aromatic rings. The highest BCUT2D eigenvalue weighted by molar-refractivity contribution is 6.29. The number of ether oxygens (including phenoxy) is 8. The molecule has 0 saturated carbocycles. The summed E-state index contributed by atoms with van der Waals surface area (Å²) in [6, 6.07) is 24.4. The van der Waals surface area contributed by atoms with Crippen LogP contribution in [0.15, 0.2) is 78.9 Å². The Morgan fingerprint density at radius 2 is 1.10 bits per heavy atom. The lowest BCUT2D eigenvalue weighted by atomic mass is 10.2. The number of nitrogens with zero attached hydrogens (tertiary/aromatic N) is 1. The van der Waals surface area contributed by atoms with Crippen LogP contribution in [0.2, 0.25) is 0 Å². The van der Waals surface area contributed by atoms with Crippen LogP contribution in [0.5, 0.6) is 17.2 Å². The quantitative estimate of drug-likeness (QED) is 0.0792. The third-order valence-corrected chi connectivity index (χ3v) is 6.93. The van der Waals surface area contributed by atoms with Gasteiger partial charge in [-0.15, -0.1) is 11.6 Å².